The van der Waals surface area contributed by atoms with Gasteiger partial charge in [0.1, 0.15) is 16.2 Å². The van der Waals surface area contributed by atoms with Gasteiger partial charge in [-0.15, -0.1) is 11.3 Å². The van der Waals surface area contributed by atoms with Crippen LogP contribution < -0.4 is 4.90 Å². The summed E-state index contributed by atoms with van der Waals surface area (Å²) < 4.78 is 7.62. The molecule has 0 aliphatic carbocycles. The third-order valence-electron chi connectivity index (χ3n) is 9.92. The summed E-state index contributed by atoms with van der Waals surface area (Å²) in [6.45, 7) is 0. The first kappa shape index (κ1) is 31.0. The van der Waals surface area contributed by atoms with Gasteiger partial charge in [-0.1, -0.05) is 146 Å². The first-order valence-electron chi connectivity index (χ1n) is 17.8. The number of benzene rings is 8. The van der Waals surface area contributed by atoms with E-state index in [4.69, 9.17) is 9.40 Å². The van der Waals surface area contributed by atoms with Gasteiger partial charge in [-0.2, -0.15) is 0 Å². The zero-order valence-electron chi connectivity index (χ0n) is 28.7. The van der Waals surface area contributed by atoms with Crippen LogP contribution in [0, 0.1) is 0 Å². The molecule has 0 radical (unpaired) electrons. The molecule has 0 spiro atoms. The first-order chi connectivity index (χ1) is 26.3. The highest BCUT2D eigenvalue weighted by molar-refractivity contribution is 7.21. The van der Waals surface area contributed by atoms with Crippen molar-refractivity contribution in [3.05, 3.63) is 194 Å². The summed E-state index contributed by atoms with van der Waals surface area (Å²) in [5.41, 5.74) is 14.1. The average Bonchev–Trinajstić information content (AvgIpc) is 3.82. The van der Waals surface area contributed by atoms with E-state index in [1.165, 1.54) is 22.3 Å². The molecule has 2 heterocycles. The van der Waals surface area contributed by atoms with Crippen LogP contribution in [-0.4, -0.2) is 4.98 Å². The van der Waals surface area contributed by atoms with Crippen molar-refractivity contribution in [2.45, 2.75) is 0 Å². The Morgan fingerprint density at radius 2 is 0.981 bits per heavy atom. The number of hydrogen-bond donors (Lipinski definition) is 0. The number of rotatable bonds is 7. The number of furan rings is 1. The van der Waals surface area contributed by atoms with Crippen molar-refractivity contribution >= 4 is 60.6 Å². The van der Waals surface area contributed by atoms with Crippen LogP contribution in [0.1, 0.15) is 0 Å². The largest absolute Gasteiger partial charge is 0.456 e. The number of thiazole rings is 1. The number of hydrogen-bond acceptors (Lipinski definition) is 4. The van der Waals surface area contributed by atoms with Gasteiger partial charge < -0.3 is 9.32 Å². The zero-order valence-corrected chi connectivity index (χ0v) is 29.5. The number of nitrogens with zero attached hydrogens (tertiary/aromatic N) is 2. The van der Waals surface area contributed by atoms with E-state index < -0.39 is 0 Å². The van der Waals surface area contributed by atoms with Crippen molar-refractivity contribution in [1.82, 2.24) is 4.98 Å². The van der Waals surface area contributed by atoms with Crippen molar-refractivity contribution in [3.8, 4) is 44.0 Å². The molecule has 0 amide bonds. The average molecular weight is 697 g/mol. The Kier molecular flexibility index (Phi) is 7.67. The van der Waals surface area contributed by atoms with Crippen molar-refractivity contribution in [3.63, 3.8) is 0 Å². The predicted octanol–water partition coefficient (Wildman–Crippen LogP) is 14.3. The highest BCUT2D eigenvalue weighted by Gasteiger charge is 2.19. The Balaban J connectivity index is 1.08. The zero-order chi connectivity index (χ0) is 35.1. The van der Waals surface area contributed by atoms with Gasteiger partial charge in [0.05, 0.1) is 15.9 Å². The van der Waals surface area contributed by atoms with Crippen LogP contribution >= 0.6 is 11.3 Å². The molecule has 0 unspecified atom stereocenters. The highest BCUT2D eigenvalue weighted by Crippen LogP contribution is 2.44. The minimum absolute atomic E-state index is 0.851. The minimum atomic E-state index is 0.851. The van der Waals surface area contributed by atoms with Gasteiger partial charge in [0.15, 0.2) is 0 Å². The van der Waals surface area contributed by atoms with E-state index in [9.17, 15) is 0 Å². The van der Waals surface area contributed by atoms with Gasteiger partial charge in [-0.05, 0) is 70.3 Å². The summed E-state index contributed by atoms with van der Waals surface area (Å²) in [6.07, 6.45) is 0. The third kappa shape index (κ3) is 5.66. The summed E-state index contributed by atoms with van der Waals surface area (Å²) in [5, 5.41) is 3.24. The molecule has 0 saturated carbocycles. The van der Waals surface area contributed by atoms with Gasteiger partial charge in [0, 0.05) is 39.3 Å². The predicted molar refractivity (Wildman–Crippen MR) is 223 cm³/mol. The Labute approximate surface area is 311 Å². The van der Waals surface area contributed by atoms with Gasteiger partial charge in [0.25, 0.3) is 0 Å². The lowest BCUT2D eigenvalue weighted by molar-refractivity contribution is 0.669. The Morgan fingerprint density at radius 3 is 1.68 bits per heavy atom. The molecule has 3 nitrogen and oxygen atoms in total. The van der Waals surface area contributed by atoms with Crippen LogP contribution in [0.15, 0.2) is 199 Å². The Hall–Kier alpha value is -6.75. The lowest BCUT2D eigenvalue weighted by Crippen LogP contribution is -2.11. The van der Waals surface area contributed by atoms with E-state index >= 15 is 0 Å². The van der Waals surface area contributed by atoms with E-state index in [2.05, 4.69) is 193 Å². The second-order valence-corrected chi connectivity index (χ2v) is 14.2. The van der Waals surface area contributed by atoms with Crippen LogP contribution in [-0.2, 0) is 0 Å². The van der Waals surface area contributed by atoms with E-state index in [1.54, 1.807) is 11.3 Å². The van der Waals surface area contributed by atoms with Crippen molar-refractivity contribution < 1.29 is 4.42 Å². The van der Waals surface area contributed by atoms with Crippen LogP contribution in [0.2, 0.25) is 0 Å². The first-order valence-corrected chi connectivity index (χ1v) is 18.6. The molecule has 0 aliphatic rings. The van der Waals surface area contributed by atoms with Crippen molar-refractivity contribution in [1.29, 1.82) is 0 Å². The van der Waals surface area contributed by atoms with Crippen molar-refractivity contribution in [2.75, 3.05) is 4.90 Å². The quantitative estimate of drug-likeness (QED) is 0.166. The van der Waals surface area contributed by atoms with Crippen LogP contribution in [0.3, 0.4) is 0 Å². The molecule has 4 heteroatoms. The van der Waals surface area contributed by atoms with Crippen LogP contribution in [0.5, 0.6) is 0 Å². The fourth-order valence-corrected chi connectivity index (χ4v) is 8.37. The summed E-state index contributed by atoms with van der Waals surface area (Å²) in [7, 11) is 0. The smallest absolute Gasteiger partial charge is 0.137 e. The van der Waals surface area contributed by atoms with Gasteiger partial charge >= 0.3 is 0 Å². The molecule has 10 aromatic rings. The van der Waals surface area contributed by atoms with E-state index in [0.717, 1.165) is 70.9 Å². The number of para-hydroxylation sites is 1. The topological polar surface area (TPSA) is 29.3 Å². The van der Waals surface area contributed by atoms with Crippen LogP contribution in [0.25, 0.3) is 76.1 Å². The lowest BCUT2D eigenvalue weighted by Gasteiger charge is -2.28. The van der Waals surface area contributed by atoms with Gasteiger partial charge in [0.2, 0.25) is 0 Å². The van der Waals surface area contributed by atoms with Crippen LogP contribution in [0.4, 0.5) is 17.1 Å². The Bertz CT molecular complexity index is 2860. The highest BCUT2D eigenvalue weighted by atomic mass is 32.1. The number of aromatic nitrogens is 1. The maximum absolute atomic E-state index is 6.47. The molecule has 0 bridgehead atoms. The maximum Gasteiger partial charge on any atom is 0.137 e. The van der Waals surface area contributed by atoms with Gasteiger partial charge in [-0.25, -0.2) is 4.98 Å². The molecule has 10 rings (SSSR count). The third-order valence-corrected chi connectivity index (χ3v) is 11.0. The molecule has 2 aromatic heterocycles. The summed E-state index contributed by atoms with van der Waals surface area (Å²) in [5.74, 6) is 0. The number of fused-ring (bicyclic) bond motifs is 4. The molecule has 8 aromatic carbocycles. The molecule has 0 N–H and O–H groups in total. The standard InChI is InChI=1S/C49H32N2OS/c1-4-13-33(14-5-1)34-23-27-38(28-24-34)51(44-21-11-10-19-40(44)35-15-6-2-7-16-35)39-29-25-36(26-30-39)41-20-12-22-45-48(41)42-31-47-43(32-46(42)52-45)50-49(53-47)37-17-8-3-9-18-37/h1-32H. The Morgan fingerprint density at radius 1 is 0.434 bits per heavy atom. The molecule has 53 heavy (non-hydrogen) atoms. The summed E-state index contributed by atoms with van der Waals surface area (Å²) in [6, 6.07) is 68.7. The normalized spacial score (nSPS) is 11.4. The molecule has 0 saturated heterocycles. The van der Waals surface area contributed by atoms with Crippen molar-refractivity contribution in [2.24, 2.45) is 0 Å². The lowest BCUT2D eigenvalue weighted by atomic mass is 9.98. The molecular formula is C49H32N2OS. The molecule has 0 atom stereocenters. The van der Waals surface area contributed by atoms with E-state index in [1.807, 2.05) is 6.07 Å². The second-order valence-electron chi connectivity index (χ2n) is 13.2. The van der Waals surface area contributed by atoms with E-state index in [0.29, 0.717) is 0 Å². The maximum atomic E-state index is 6.47. The summed E-state index contributed by atoms with van der Waals surface area (Å²) >= 11 is 1.72. The number of anilines is 3. The fourth-order valence-electron chi connectivity index (χ4n) is 7.37. The fraction of sp³-hybridized carbons (Fsp3) is 0. The molecular weight excluding hydrogens is 665 g/mol. The molecule has 0 aliphatic heterocycles. The van der Waals surface area contributed by atoms with E-state index in [-0.39, 0.29) is 0 Å². The molecule has 250 valence electrons. The van der Waals surface area contributed by atoms with Gasteiger partial charge in [-0.3, -0.25) is 0 Å². The SMILES string of the molecule is c1ccc(-c2ccc(N(c3ccc(-c4cccc5oc6cc7nc(-c8ccccc8)sc7cc6c45)cc3)c3ccccc3-c3ccccc3)cc2)cc1. The monoisotopic (exact) mass is 696 g/mol. The minimum Gasteiger partial charge on any atom is -0.456 e. The summed E-state index contributed by atoms with van der Waals surface area (Å²) in [4.78, 5) is 7.32. The molecule has 0 fully saturated rings. The second kappa shape index (κ2) is 13.1.